The molecule has 12 nitrogen and oxygen atoms in total. The zero-order chi connectivity index (χ0) is 36.1. The van der Waals surface area contributed by atoms with Crippen molar-refractivity contribution in [1.82, 2.24) is 14.9 Å². The molecule has 0 aliphatic carbocycles. The van der Waals surface area contributed by atoms with Crippen LogP contribution in [0, 0.1) is 12.8 Å². The van der Waals surface area contributed by atoms with Gasteiger partial charge in [-0.2, -0.15) is 0 Å². The molecule has 262 valence electrons. The molecule has 0 spiro atoms. The molecule has 0 aliphatic rings. The lowest BCUT2D eigenvalue weighted by atomic mass is 10.1. The average molecular weight is 692 g/mol. The Morgan fingerprint density at radius 3 is 2.20 bits per heavy atom. The Bertz CT molecular complexity index is 1820. The van der Waals surface area contributed by atoms with E-state index in [9.17, 15) is 19.2 Å². The molecule has 49 heavy (non-hydrogen) atoms. The molecule has 4 aromatic rings. The van der Waals surface area contributed by atoms with Crippen molar-refractivity contribution in [1.29, 1.82) is 0 Å². The van der Waals surface area contributed by atoms with Crippen LogP contribution in [0.4, 0.5) is 21.0 Å². The summed E-state index contributed by atoms with van der Waals surface area (Å²) in [5, 5.41) is 10.3. The van der Waals surface area contributed by atoms with Crippen molar-refractivity contribution in [3.8, 4) is 10.4 Å². The Morgan fingerprint density at radius 1 is 0.878 bits per heavy atom. The van der Waals surface area contributed by atoms with Gasteiger partial charge in [0, 0.05) is 10.4 Å². The van der Waals surface area contributed by atoms with E-state index in [1.807, 2.05) is 55.0 Å². The molecule has 3 amide bonds. The number of alkyl carbamates (subject to hydrolysis) is 1. The van der Waals surface area contributed by atoms with E-state index in [1.165, 1.54) is 0 Å². The van der Waals surface area contributed by atoms with Crippen molar-refractivity contribution in [2.45, 2.75) is 86.1 Å². The molecule has 0 aliphatic heterocycles. The smallest absolute Gasteiger partial charge is 0.412 e. The first-order valence-electron chi connectivity index (χ1n) is 16.0. The molecule has 1 atom stereocenters. The number of thiophene rings is 1. The van der Waals surface area contributed by atoms with Crippen molar-refractivity contribution in [2.75, 3.05) is 17.2 Å². The third kappa shape index (κ3) is 10.3. The Hall–Kier alpha value is -4.91. The van der Waals surface area contributed by atoms with Crippen LogP contribution in [-0.2, 0) is 25.5 Å². The van der Waals surface area contributed by atoms with E-state index >= 15 is 0 Å². The summed E-state index contributed by atoms with van der Waals surface area (Å²) in [7, 11) is 0. The molecular formula is C36H45N5O7S. The Morgan fingerprint density at radius 2 is 1.57 bits per heavy atom. The number of hydrogen-bond acceptors (Lipinski definition) is 9. The summed E-state index contributed by atoms with van der Waals surface area (Å²) in [5.74, 6) is -0.507. The van der Waals surface area contributed by atoms with Crippen LogP contribution in [0.15, 0.2) is 53.9 Å². The first-order valence-corrected chi connectivity index (χ1v) is 16.9. The lowest BCUT2D eigenvalue weighted by molar-refractivity contribution is -0.147. The Balaban J connectivity index is 1.47. The van der Waals surface area contributed by atoms with Crippen LogP contribution in [0.2, 0.25) is 0 Å². The molecule has 0 saturated carbocycles. The predicted molar refractivity (Wildman–Crippen MR) is 191 cm³/mol. The zero-order valence-corrected chi connectivity index (χ0v) is 30.2. The third-order valence-electron chi connectivity index (χ3n) is 7.06. The molecule has 3 N–H and O–H groups in total. The molecule has 1 unspecified atom stereocenters. The van der Waals surface area contributed by atoms with Crippen LogP contribution in [0.3, 0.4) is 0 Å². The van der Waals surface area contributed by atoms with Crippen LogP contribution >= 0.6 is 11.3 Å². The monoisotopic (exact) mass is 691 g/mol. The Labute approximate surface area is 290 Å². The topological polar surface area (TPSA) is 150 Å². The summed E-state index contributed by atoms with van der Waals surface area (Å²) in [6, 6.07) is 13.6. The van der Waals surface area contributed by atoms with Gasteiger partial charge in [-0.25, -0.2) is 19.4 Å². The number of ether oxygens (including phenoxy) is 3. The Kier molecular flexibility index (Phi) is 11.4. The maximum absolute atomic E-state index is 13.5. The number of aromatic nitrogens is 2. The minimum atomic E-state index is -0.873. The number of amides is 3. The molecule has 4 rings (SSSR count). The molecule has 2 heterocycles. The second-order valence-electron chi connectivity index (χ2n) is 13.9. The number of aryl methyl sites for hydroxylation is 1. The van der Waals surface area contributed by atoms with Crippen LogP contribution in [0.25, 0.3) is 21.5 Å². The van der Waals surface area contributed by atoms with E-state index in [4.69, 9.17) is 14.2 Å². The predicted octanol–water partition coefficient (Wildman–Crippen LogP) is 7.77. The fourth-order valence-corrected chi connectivity index (χ4v) is 5.62. The summed E-state index contributed by atoms with van der Waals surface area (Å²) < 4.78 is 18.2. The fraction of sp³-hybridized carbons (Fsp3) is 0.417. The number of anilines is 2. The van der Waals surface area contributed by atoms with E-state index in [0.717, 1.165) is 16.0 Å². The highest BCUT2D eigenvalue weighted by Crippen LogP contribution is 2.32. The summed E-state index contributed by atoms with van der Waals surface area (Å²) in [6.45, 7) is 16.4. The highest BCUT2D eigenvalue weighted by Gasteiger charge is 2.28. The van der Waals surface area contributed by atoms with Gasteiger partial charge in [0.15, 0.2) is 0 Å². The van der Waals surface area contributed by atoms with Crippen molar-refractivity contribution in [3.63, 3.8) is 0 Å². The zero-order valence-electron chi connectivity index (χ0n) is 29.4. The van der Waals surface area contributed by atoms with Gasteiger partial charge >= 0.3 is 18.2 Å². The number of nitrogens with zero attached hydrogens (tertiary/aromatic N) is 2. The number of carbonyl (C=O) groups excluding carboxylic acids is 4. The van der Waals surface area contributed by atoms with Gasteiger partial charge < -0.3 is 29.4 Å². The van der Waals surface area contributed by atoms with Gasteiger partial charge in [-0.3, -0.25) is 10.1 Å². The molecule has 2 aromatic heterocycles. The quantitative estimate of drug-likeness (QED) is 0.113. The second-order valence-corrected chi connectivity index (χ2v) is 14.8. The van der Waals surface area contributed by atoms with Gasteiger partial charge in [0.25, 0.3) is 5.91 Å². The largest absolute Gasteiger partial charge is 0.462 e. The van der Waals surface area contributed by atoms with Gasteiger partial charge in [-0.15, -0.1) is 11.3 Å². The molecule has 0 bridgehead atoms. The molecule has 0 fully saturated rings. The standard InChI is InChI=1S/C36H45N5O7S/c1-21(2)30(40-34(45)48-36(7,8)9)32(43)46-17-16-41-22(3)37-27-20-24(13-15-28(27)41)31(42)38-26-19-23(29-11-10-18-49-29)12-14-25(26)39-33(44)47-35(4,5)6/h10-15,18-21,30H,16-17H2,1-9H3,(H,38,42)(H,39,44)(H,40,45). The van der Waals surface area contributed by atoms with Crippen LogP contribution in [-0.4, -0.2) is 57.5 Å². The lowest BCUT2D eigenvalue weighted by Crippen LogP contribution is -2.47. The molecule has 13 heteroatoms. The van der Waals surface area contributed by atoms with Crippen molar-refractivity contribution in [3.05, 3.63) is 65.3 Å². The molecular weight excluding hydrogens is 646 g/mol. The van der Waals surface area contributed by atoms with Gasteiger partial charge in [0.05, 0.1) is 29.0 Å². The number of hydrogen-bond donors (Lipinski definition) is 3. The fourth-order valence-electron chi connectivity index (χ4n) is 4.89. The van der Waals surface area contributed by atoms with Crippen molar-refractivity contribution >= 4 is 57.8 Å². The molecule has 0 saturated heterocycles. The first kappa shape index (κ1) is 36.9. The van der Waals surface area contributed by atoms with E-state index < -0.39 is 41.3 Å². The number of rotatable bonds is 10. The highest BCUT2D eigenvalue weighted by atomic mass is 32.1. The summed E-state index contributed by atoms with van der Waals surface area (Å²) >= 11 is 1.56. The van der Waals surface area contributed by atoms with Gasteiger partial charge in [-0.1, -0.05) is 26.0 Å². The van der Waals surface area contributed by atoms with E-state index in [0.29, 0.717) is 34.8 Å². The van der Waals surface area contributed by atoms with Gasteiger partial charge in [-0.05, 0) is 102 Å². The number of imidazole rings is 1. The van der Waals surface area contributed by atoms with Crippen LogP contribution < -0.4 is 16.0 Å². The normalized spacial score (nSPS) is 12.4. The summed E-state index contributed by atoms with van der Waals surface area (Å²) in [4.78, 5) is 56.9. The number of fused-ring (bicyclic) bond motifs is 1. The van der Waals surface area contributed by atoms with E-state index in [2.05, 4.69) is 20.9 Å². The summed E-state index contributed by atoms with van der Waals surface area (Å²) in [5.41, 5.74) is 1.98. The number of benzene rings is 2. The summed E-state index contributed by atoms with van der Waals surface area (Å²) in [6.07, 6.45) is -1.33. The number of carbonyl (C=O) groups is 4. The highest BCUT2D eigenvalue weighted by molar-refractivity contribution is 7.13. The number of esters is 1. The van der Waals surface area contributed by atoms with Crippen molar-refractivity contribution in [2.24, 2.45) is 5.92 Å². The van der Waals surface area contributed by atoms with Gasteiger partial charge in [0.1, 0.15) is 29.7 Å². The number of nitrogens with one attached hydrogen (secondary N) is 3. The maximum atomic E-state index is 13.5. The third-order valence-corrected chi connectivity index (χ3v) is 7.98. The van der Waals surface area contributed by atoms with Crippen LogP contribution in [0.5, 0.6) is 0 Å². The van der Waals surface area contributed by atoms with E-state index in [1.54, 1.807) is 77.1 Å². The van der Waals surface area contributed by atoms with Gasteiger partial charge in [0.2, 0.25) is 0 Å². The maximum Gasteiger partial charge on any atom is 0.412 e. The minimum Gasteiger partial charge on any atom is -0.462 e. The first-order chi connectivity index (χ1) is 22.9. The van der Waals surface area contributed by atoms with E-state index in [-0.39, 0.29) is 12.5 Å². The lowest BCUT2D eigenvalue weighted by Gasteiger charge is -2.24. The second kappa shape index (κ2) is 15.1. The average Bonchev–Trinajstić information content (AvgIpc) is 3.62. The van der Waals surface area contributed by atoms with Crippen LogP contribution in [0.1, 0.15) is 71.6 Å². The SMILES string of the molecule is Cc1nc2cc(C(=O)Nc3cc(-c4cccs4)ccc3NC(=O)OC(C)(C)C)ccc2n1CCOC(=O)C(NC(=O)OC(C)(C)C)C(C)C. The molecule has 0 radical (unpaired) electrons. The van der Waals surface area contributed by atoms with Crippen molar-refractivity contribution < 1.29 is 33.4 Å². The minimum absolute atomic E-state index is 0.0423. The molecule has 2 aromatic carbocycles.